The third-order valence-corrected chi connectivity index (χ3v) is 3.60. The van der Waals surface area contributed by atoms with Crippen LogP contribution in [-0.4, -0.2) is 37.1 Å². The first-order valence-corrected chi connectivity index (χ1v) is 6.61. The molecule has 2 rings (SSSR count). The maximum atomic E-state index is 12.5. The minimum absolute atomic E-state index is 0.0720. The van der Waals surface area contributed by atoms with Crippen molar-refractivity contribution in [1.29, 1.82) is 0 Å². The Bertz CT molecular complexity index is 467. The van der Waals surface area contributed by atoms with Crippen LogP contribution < -0.4 is 11.3 Å². The predicted molar refractivity (Wildman–Crippen MR) is 75.2 cm³/mol. The molecule has 1 atom stereocenters. The van der Waals surface area contributed by atoms with Crippen LogP contribution >= 0.6 is 11.6 Å². The van der Waals surface area contributed by atoms with Gasteiger partial charge in [-0.15, -0.1) is 0 Å². The van der Waals surface area contributed by atoms with E-state index in [1.807, 2.05) is 0 Å². The molecule has 1 aromatic rings. The minimum Gasteiger partial charge on any atom is -0.380 e. The fraction of sp³-hybridized carbons (Fsp3) is 0.462. The Labute approximate surface area is 117 Å². The summed E-state index contributed by atoms with van der Waals surface area (Å²) in [5, 5.41) is 0.516. The van der Waals surface area contributed by atoms with Gasteiger partial charge in [-0.05, 0) is 31.0 Å². The Hall–Kier alpha value is -1.30. The van der Waals surface area contributed by atoms with Gasteiger partial charge in [-0.1, -0.05) is 11.6 Å². The summed E-state index contributed by atoms with van der Waals surface area (Å²) >= 11 is 5.95. The molecule has 1 saturated heterocycles. The molecule has 0 aliphatic carbocycles. The molecule has 1 heterocycles. The van der Waals surface area contributed by atoms with Gasteiger partial charge in [0, 0.05) is 25.2 Å². The molecular weight excluding hydrogens is 266 g/mol. The SMILES string of the molecule is COC1CCCN(C(=O)c2cc(Cl)ccc2NN)C1. The second kappa shape index (κ2) is 6.23. The van der Waals surface area contributed by atoms with Crippen LogP contribution in [0.1, 0.15) is 23.2 Å². The Morgan fingerprint density at radius 1 is 1.58 bits per heavy atom. The third-order valence-electron chi connectivity index (χ3n) is 3.37. The van der Waals surface area contributed by atoms with Crippen molar-refractivity contribution in [3.63, 3.8) is 0 Å². The summed E-state index contributed by atoms with van der Waals surface area (Å²) in [6.45, 7) is 1.33. The molecule has 1 unspecified atom stereocenters. The maximum Gasteiger partial charge on any atom is 0.256 e. The molecule has 104 valence electrons. The molecule has 3 N–H and O–H groups in total. The number of rotatable bonds is 3. The van der Waals surface area contributed by atoms with Crippen molar-refractivity contribution in [1.82, 2.24) is 4.90 Å². The molecule has 0 radical (unpaired) electrons. The van der Waals surface area contributed by atoms with Crippen LogP contribution in [0.5, 0.6) is 0 Å². The number of nitrogen functional groups attached to an aromatic ring is 1. The highest BCUT2D eigenvalue weighted by molar-refractivity contribution is 6.31. The van der Waals surface area contributed by atoms with Gasteiger partial charge in [0.15, 0.2) is 0 Å². The van der Waals surface area contributed by atoms with E-state index < -0.39 is 0 Å². The Morgan fingerprint density at radius 3 is 3.05 bits per heavy atom. The van der Waals surface area contributed by atoms with Gasteiger partial charge >= 0.3 is 0 Å². The van der Waals surface area contributed by atoms with Crippen LogP contribution in [0.3, 0.4) is 0 Å². The number of hydrogen-bond donors (Lipinski definition) is 2. The lowest BCUT2D eigenvalue weighted by Gasteiger charge is -2.32. The summed E-state index contributed by atoms with van der Waals surface area (Å²) in [7, 11) is 1.67. The average molecular weight is 284 g/mol. The van der Waals surface area contributed by atoms with E-state index in [0.717, 1.165) is 19.4 Å². The van der Waals surface area contributed by atoms with E-state index in [1.165, 1.54) is 0 Å². The van der Waals surface area contributed by atoms with Crippen molar-refractivity contribution in [2.75, 3.05) is 25.6 Å². The van der Waals surface area contributed by atoms with E-state index in [2.05, 4.69) is 5.43 Å². The van der Waals surface area contributed by atoms with Gasteiger partial charge in [0.05, 0.1) is 17.4 Å². The second-order valence-electron chi connectivity index (χ2n) is 4.59. The summed E-state index contributed by atoms with van der Waals surface area (Å²) in [4.78, 5) is 14.3. The predicted octanol–water partition coefficient (Wildman–Crippen LogP) is 1.88. The first-order valence-electron chi connectivity index (χ1n) is 6.24. The summed E-state index contributed by atoms with van der Waals surface area (Å²) in [5.41, 5.74) is 3.60. The second-order valence-corrected chi connectivity index (χ2v) is 5.02. The molecule has 0 saturated carbocycles. The molecule has 0 spiro atoms. The standard InChI is InChI=1S/C13H18ClN3O2/c1-19-10-3-2-6-17(8-10)13(18)11-7-9(14)4-5-12(11)16-15/h4-5,7,10,16H,2-3,6,8,15H2,1H3. The molecule has 19 heavy (non-hydrogen) atoms. The minimum atomic E-state index is -0.0720. The Balaban J connectivity index is 2.21. The topological polar surface area (TPSA) is 67.6 Å². The lowest BCUT2D eigenvalue weighted by molar-refractivity contribution is 0.0269. The fourth-order valence-corrected chi connectivity index (χ4v) is 2.48. The molecule has 1 aliphatic rings. The number of anilines is 1. The van der Waals surface area contributed by atoms with Gasteiger partial charge in [-0.3, -0.25) is 10.6 Å². The normalized spacial score (nSPS) is 19.3. The zero-order valence-electron chi connectivity index (χ0n) is 10.9. The van der Waals surface area contributed by atoms with E-state index >= 15 is 0 Å². The monoisotopic (exact) mass is 283 g/mol. The van der Waals surface area contributed by atoms with Crippen LogP contribution in [-0.2, 0) is 4.74 Å². The number of hydrazine groups is 1. The van der Waals surface area contributed by atoms with Crippen LogP contribution in [0, 0.1) is 0 Å². The number of halogens is 1. The zero-order valence-corrected chi connectivity index (χ0v) is 11.6. The van der Waals surface area contributed by atoms with Crippen LogP contribution in [0.25, 0.3) is 0 Å². The van der Waals surface area contributed by atoms with Crippen molar-refractivity contribution in [3.05, 3.63) is 28.8 Å². The van der Waals surface area contributed by atoms with E-state index in [-0.39, 0.29) is 12.0 Å². The molecule has 1 fully saturated rings. The van der Waals surface area contributed by atoms with E-state index in [4.69, 9.17) is 22.2 Å². The van der Waals surface area contributed by atoms with E-state index in [0.29, 0.717) is 22.8 Å². The van der Waals surface area contributed by atoms with Crippen molar-refractivity contribution in [2.45, 2.75) is 18.9 Å². The number of nitrogens with zero attached hydrogens (tertiary/aromatic N) is 1. The molecule has 1 amide bonds. The lowest BCUT2D eigenvalue weighted by Crippen LogP contribution is -2.43. The zero-order chi connectivity index (χ0) is 13.8. The van der Waals surface area contributed by atoms with Crippen molar-refractivity contribution >= 4 is 23.2 Å². The highest BCUT2D eigenvalue weighted by Crippen LogP contribution is 2.23. The average Bonchev–Trinajstić information content (AvgIpc) is 2.46. The number of amides is 1. The van der Waals surface area contributed by atoms with Crippen LogP contribution in [0.2, 0.25) is 5.02 Å². The molecule has 0 aromatic heterocycles. The van der Waals surface area contributed by atoms with Gasteiger partial charge in [0.25, 0.3) is 5.91 Å². The number of benzene rings is 1. The number of nitrogens with one attached hydrogen (secondary N) is 1. The molecule has 5 nitrogen and oxygen atoms in total. The van der Waals surface area contributed by atoms with E-state index in [9.17, 15) is 4.79 Å². The first kappa shape index (κ1) is 14.1. The largest absolute Gasteiger partial charge is 0.380 e. The summed E-state index contributed by atoms with van der Waals surface area (Å²) in [6, 6.07) is 5.03. The number of likely N-dealkylation sites (tertiary alicyclic amines) is 1. The molecule has 1 aromatic carbocycles. The van der Waals surface area contributed by atoms with Crippen LogP contribution in [0.15, 0.2) is 18.2 Å². The summed E-state index contributed by atoms with van der Waals surface area (Å²) in [6.07, 6.45) is 2.03. The number of carbonyl (C=O) groups is 1. The first-order chi connectivity index (χ1) is 9.15. The number of piperidine rings is 1. The van der Waals surface area contributed by atoms with Gasteiger partial charge in [0.1, 0.15) is 0 Å². The smallest absolute Gasteiger partial charge is 0.256 e. The van der Waals surface area contributed by atoms with Crippen molar-refractivity contribution < 1.29 is 9.53 Å². The third kappa shape index (κ3) is 3.18. The number of methoxy groups -OCH3 is 1. The van der Waals surface area contributed by atoms with Gasteiger partial charge in [-0.2, -0.15) is 0 Å². The number of carbonyl (C=O) groups excluding carboxylic acids is 1. The van der Waals surface area contributed by atoms with E-state index in [1.54, 1.807) is 30.2 Å². The molecule has 6 heteroatoms. The molecular formula is C13H18ClN3O2. The Morgan fingerprint density at radius 2 is 2.37 bits per heavy atom. The number of hydrogen-bond acceptors (Lipinski definition) is 4. The van der Waals surface area contributed by atoms with Gasteiger partial charge in [-0.25, -0.2) is 0 Å². The number of nitrogens with two attached hydrogens (primary N) is 1. The van der Waals surface area contributed by atoms with Gasteiger partial charge in [0.2, 0.25) is 0 Å². The quantitative estimate of drug-likeness (QED) is 0.656. The summed E-state index contributed by atoms with van der Waals surface area (Å²) < 4.78 is 5.33. The van der Waals surface area contributed by atoms with Crippen molar-refractivity contribution in [2.24, 2.45) is 5.84 Å². The molecule has 1 aliphatic heterocycles. The van der Waals surface area contributed by atoms with Crippen molar-refractivity contribution in [3.8, 4) is 0 Å². The maximum absolute atomic E-state index is 12.5. The highest BCUT2D eigenvalue weighted by Gasteiger charge is 2.25. The van der Waals surface area contributed by atoms with Gasteiger partial charge < -0.3 is 15.1 Å². The Kier molecular flexibility index (Phi) is 4.63. The summed E-state index contributed by atoms with van der Waals surface area (Å²) in [5.74, 6) is 5.36. The number of ether oxygens (including phenoxy) is 1. The fourth-order valence-electron chi connectivity index (χ4n) is 2.30. The highest BCUT2D eigenvalue weighted by atomic mass is 35.5. The lowest BCUT2D eigenvalue weighted by atomic mass is 10.1. The molecule has 0 bridgehead atoms. The van der Waals surface area contributed by atoms with Crippen LogP contribution in [0.4, 0.5) is 5.69 Å².